The summed E-state index contributed by atoms with van der Waals surface area (Å²) in [7, 11) is 0. The normalized spacial score (nSPS) is 11.2. The average Bonchev–Trinajstić information content (AvgIpc) is 2.40. The number of primary amides is 1. The van der Waals surface area contributed by atoms with Crippen LogP contribution in [0.15, 0.2) is 40.9 Å². The molecule has 2 aromatic rings. The second-order valence-electron chi connectivity index (χ2n) is 4.09. The van der Waals surface area contributed by atoms with Crippen molar-refractivity contribution in [3.63, 3.8) is 0 Å². The molecule has 0 saturated carbocycles. The molecular formula is C13H9BrF3N3O. The van der Waals surface area contributed by atoms with Gasteiger partial charge in [0.1, 0.15) is 11.5 Å². The zero-order chi connectivity index (χ0) is 15.6. The Morgan fingerprint density at radius 1 is 1.14 bits per heavy atom. The lowest BCUT2D eigenvalue weighted by Crippen LogP contribution is -2.17. The van der Waals surface area contributed by atoms with Crippen molar-refractivity contribution >= 4 is 33.3 Å². The number of alkyl halides is 3. The Labute approximate surface area is 126 Å². The number of hydrogen-bond acceptors (Lipinski definition) is 3. The third-order valence-electron chi connectivity index (χ3n) is 2.56. The van der Waals surface area contributed by atoms with Crippen LogP contribution in [0.2, 0.25) is 0 Å². The number of anilines is 2. The summed E-state index contributed by atoms with van der Waals surface area (Å²) in [4.78, 5) is 14.7. The Bertz CT molecular complexity index is 671. The van der Waals surface area contributed by atoms with Gasteiger partial charge in [-0.1, -0.05) is 15.9 Å². The molecule has 1 amide bonds. The predicted molar refractivity (Wildman–Crippen MR) is 75.2 cm³/mol. The highest BCUT2D eigenvalue weighted by Crippen LogP contribution is 2.30. The molecule has 0 radical (unpaired) electrons. The minimum Gasteiger partial charge on any atom is -0.365 e. The number of nitrogens with zero attached hydrogens (tertiary/aromatic N) is 1. The van der Waals surface area contributed by atoms with Crippen LogP contribution in [0.5, 0.6) is 0 Å². The fourth-order valence-electron chi connectivity index (χ4n) is 1.58. The fraction of sp³-hybridized carbons (Fsp3) is 0.0769. The molecular weight excluding hydrogens is 351 g/mol. The van der Waals surface area contributed by atoms with Gasteiger partial charge < -0.3 is 11.1 Å². The van der Waals surface area contributed by atoms with Gasteiger partial charge in [0.25, 0.3) is 5.91 Å². The largest absolute Gasteiger partial charge is 0.433 e. The van der Waals surface area contributed by atoms with Crippen LogP contribution in [0.3, 0.4) is 0 Å². The van der Waals surface area contributed by atoms with Gasteiger partial charge in [-0.3, -0.25) is 4.79 Å². The first-order valence-corrected chi connectivity index (χ1v) is 6.47. The molecule has 8 heteroatoms. The molecule has 4 nitrogen and oxygen atoms in total. The van der Waals surface area contributed by atoms with Crippen LogP contribution in [0, 0.1) is 0 Å². The Hall–Kier alpha value is -2.09. The molecule has 0 saturated heterocycles. The number of aromatic nitrogens is 1. The van der Waals surface area contributed by atoms with E-state index in [9.17, 15) is 18.0 Å². The summed E-state index contributed by atoms with van der Waals surface area (Å²) in [5.41, 5.74) is 4.40. The number of hydrogen-bond donors (Lipinski definition) is 2. The Morgan fingerprint density at radius 3 is 2.29 bits per heavy atom. The first-order valence-electron chi connectivity index (χ1n) is 5.68. The monoisotopic (exact) mass is 359 g/mol. The maximum atomic E-state index is 12.7. The van der Waals surface area contributed by atoms with E-state index in [2.05, 4.69) is 26.2 Å². The SMILES string of the molecule is NC(=O)c1ccc(C(F)(F)F)nc1Nc1ccc(Br)cc1. The second-order valence-corrected chi connectivity index (χ2v) is 5.00. The molecule has 110 valence electrons. The maximum Gasteiger partial charge on any atom is 0.433 e. The van der Waals surface area contributed by atoms with Crippen molar-refractivity contribution < 1.29 is 18.0 Å². The zero-order valence-electron chi connectivity index (χ0n) is 10.4. The fourth-order valence-corrected chi connectivity index (χ4v) is 1.85. The molecule has 1 aromatic heterocycles. The van der Waals surface area contributed by atoms with E-state index in [1.54, 1.807) is 24.3 Å². The summed E-state index contributed by atoms with van der Waals surface area (Å²) in [6, 6.07) is 8.35. The predicted octanol–water partition coefficient (Wildman–Crippen LogP) is 3.71. The lowest BCUT2D eigenvalue weighted by Gasteiger charge is -2.12. The molecule has 0 fully saturated rings. The van der Waals surface area contributed by atoms with E-state index in [4.69, 9.17) is 5.73 Å². The number of nitrogens with two attached hydrogens (primary N) is 1. The van der Waals surface area contributed by atoms with Gasteiger partial charge in [0.2, 0.25) is 0 Å². The van der Waals surface area contributed by atoms with E-state index >= 15 is 0 Å². The highest BCUT2D eigenvalue weighted by molar-refractivity contribution is 9.10. The summed E-state index contributed by atoms with van der Waals surface area (Å²) < 4.78 is 38.8. The van der Waals surface area contributed by atoms with E-state index in [1.807, 2.05) is 0 Å². The van der Waals surface area contributed by atoms with Gasteiger partial charge in [-0.15, -0.1) is 0 Å². The minimum atomic E-state index is -4.60. The van der Waals surface area contributed by atoms with Crippen LogP contribution in [-0.2, 0) is 6.18 Å². The first-order chi connectivity index (χ1) is 9.77. The molecule has 1 aromatic carbocycles. The van der Waals surface area contributed by atoms with Crippen LogP contribution < -0.4 is 11.1 Å². The minimum absolute atomic E-state index is 0.120. The van der Waals surface area contributed by atoms with E-state index in [-0.39, 0.29) is 11.4 Å². The van der Waals surface area contributed by atoms with Crippen LogP contribution in [0.4, 0.5) is 24.7 Å². The zero-order valence-corrected chi connectivity index (χ0v) is 12.0. The van der Waals surface area contributed by atoms with E-state index in [0.29, 0.717) is 11.8 Å². The molecule has 0 aliphatic carbocycles. The third-order valence-corrected chi connectivity index (χ3v) is 3.09. The van der Waals surface area contributed by atoms with Crippen molar-refractivity contribution in [3.05, 3.63) is 52.1 Å². The van der Waals surface area contributed by atoms with Crippen LogP contribution in [0.25, 0.3) is 0 Å². The van der Waals surface area contributed by atoms with E-state index < -0.39 is 17.8 Å². The van der Waals surface area contributed by atoms with Gasteiger partial charge in [-0.25, -0.2) is 4.98 Å². The molecule has 0 aliphatic heterocycles. The van der Waals surface area contributed by atoms with Crippen molar-refractivity contribution in [1.82, 2.24) is 4.98 Å². The van der Waals surface area contributed by atoms with Gasteiger partial charge in [0, 0.05) is 10.2 Å². The summed E-state index contributed by atoms with van der Waals surface area (Å²) >= 11 is 3.24. The van der Waals surface area contributed by atoms with Crippen molar-refractivity contribution in [3.8, 4) is 0 Å². The molecule has 0 unspecified atom stereocenters. The summed E-state index contributed by atoms with van der Waals surface area (Å²) in [6.07, 6.45) is -4.60. The summed E-state index contributed by atoms with van der Waals surface area (Å²) in [5, 5.41) is 2.66. The van der Waals surface area contributed by atoms with E-state index in [0.717, 1.165) is 10.5 Å². The van der Waals surface area contributed by atoms with Crippen molar-refractivity contribution in [2.45, 2.75) is 6.18 Å². The van der Waals surface area contributed by atoms with Gasteiger partial charge in [-0.05, 0) is 36.4 Å². The van der Waals surface area contributed by atoms with Gasteiger partial charge in [0.15, 0.2) is 0 Å². The average molecular weight is 360 g/mol. The van der Waals surface area contributed by atoms with Crippen LogP contribution in [0.1, 0.15) is 16.1 Å². The highest BCUT2D eigenvalue weighted by atomic mass is 79.9. The number of halogens is 4. The van der Waals surface area contributed by atoms with E-state index in [1.165, 1.54) is 0 Å². The number of nitrogens with one attached hydrogen (secondary N) is 1. The summed E-state index contributed by atoms with van der Waals surface area (Å²) in [6.45, 7) is 0. The van der Waals surface area contributed by atoms with Crippen LogP contribution >= 0.6 is 15.9 Å². The lowest BCUT2D eigenvalue weighted by atomic mass is 10.2. The molecule has 21 heavy (non-hydrogen) atoms. The van der Waals surface area contributed by atoms with Crippen LogP contribution in [-0.4, -0.2) is 10.9 Å². The number of amides is 1. The lowest BCUT2D eigenvalue weighted by molar-refractivity contribution is -0.141. The maximum absolute atomic E-state index is 12.7. The second kappa shape index (κ2) is 5.72. The Morgan fingerprint density at radius 2 is 1.76 bits per heavy atom. The Kier molecular flexibility index (Phi) is 4.17. The molecule has 0 atom stereocenters. The van der Waals surface area contributed by atoms with Crippen molar-refractivity contribution in [2.24, 2.45) is 5.73 Å². The van der Waals surface area contributed by atoms with Gasteiger partial charge in [0.05, 0.1) is 5.56 Å². The smallest absolute Gasteiger partial charge is 0.365 e. The number of pyridine rings is 1. The van der Waals surface area contributed by atoms with Gasteiger partial charge in [-0.2, -0.15) is 13.2 Å². The molecule has 0 spiro atoms. The summed E-state index contributed by atoms with van der Waals surface area (Å²) in [5.74, 6) is -1.10. The van der Waals surface area contributed by atoms with Gasteiger partial charge >= 0.3 is 6.18 Å². The number of rotatable bonds is 3. The number of benzene rings is 1. The third kappa shape index (κ3) is 3.72. The highest BCUT2D eigenvalue weighted by Gasteiger charge is 2.33. The standard InChI is InChI=1S/C13H9BrF3N3O/c14-7-1-3-8(4-2-7)19-12-9(11(18)21)5-6-10(20-12)13(15,16)17/h1-6H,(H2,18,21)(H,19,20). The molecule has 1 heterocycles. The molecule has 0 bridgehead atoms. The molecule has 0 aliphatic rings. The quantitative estimate of drug-likeness (QED) is 0.877. The van der Waals surface area contributed by atoms with Crippen molar-refractivity contribution in [1.29, 1.82) is 0 Å². The molecule has 2 rings (SSSR count). The Balaban J connectivity index is 2.43. The number of carbonyl (C=O) groups excluding carboxylic acids is 1. The first kappa shape index (κ1) is 15.3. The number of carbonyl (C=O) groups is 1. The van der Waals surface area contributed by atoms with Crippen molar-refractivity contribution in [2.75, 3.05) is 5.32 Å². The topological polar surface area (TPSA) is 68.0 Å². The molecule has 3 N–H and O–H groups in total.